The minimum absolute atomic E-state index is 0.0409. The molecular formula is C16H26N4O. The Morgan fingerprint density at radius 1 is 1.38 bits per heavy atom. The number of methoxy groups -OCH3 is 1. The van der Waals surface area contributed by atoms with Crippen LogP contribution in [0.15, 0.2) is 18.2 Å². The lowest BCUT2D eigenvalue weighted by molar-refractivity contribution is 0.0360. The minimum Gasteiger partial charge on any atom is -0.496 e. The molecule has 0 radical (unpaired) electrons. The minimum atomic E-state index is 0.0409. The molecule has 0 aromatic heterocycles. The van der Waals surface area contributed by atoms with Gasteiger partial charge in [0.1, 0.15) is 11.6 Å². The fourth-order valence-electron chi connectivity index (χ4n) is 2.79. The Kier molecular flexibility index (Phi) is 4.54. The van der Waals surface area contributed by atoms with E-state index in [9.17, 15) is 0 Å². The van der Waals surface area contributed by atoms with E-state index < -0.39 is 0 Å². The fourth-order valence-corrected chi connectivity index (χ4v) is 2.79. The van der Waals surface area contributed by atoms with Crippen molar-refractivity contribution in [2.45, 2.75) is 25.9 Å². The zero-order chi connectivity index (χ0) is 15.6. The van der Waals surface area contributed by atoms with E-state index >= 15 is 0 Å². The van der Waals surface area contributed by atoms with E-state index in [1.165, 1.54) is 5.56 Å². The van der Waals surface area contributed by atoms with Crippen LogP contribution in [0.1, 0.15) is 25.0 Å². The van der Waals surface area contributed by atoms with Gasteiger partial charge in [0, 0.05) is 31.7 Å². The Hall–Kier alpha value is -1.59. The number of nitrogens with zero attached hydrogens (tertiary/aromatic N) is 2. The number of likely N-dealkylation sites (N-methyl/N-ethyl adjacent to an activating group) is 1. The number of hydrogen-bond donors (Lipinski definition) is 2. The lowest BCUT2D eigenvalue weighted by Crippen LogP contribution is -2.57. The molecule has 1 aliphatic rings. The number of piperazine rings is 1. The predicted molar refractivity (Wildman–Crippen MR) is 86.0 cm³/mol. The number of ether oxygens (including phenoxy) is 1. The predicted octanol–water partition coefficient (Wildman–Crippen LogP) is 1.51. The molecule has 2 rings (SSSR count). The summed E-state index contributed by atoms with van der Waals surface area (Å²) in [5.74, 6) is 0.715. The van der Waals surface area contributed by atoms with Gasteiger partial charge in [-0.15, -0.1) is 0 Å². The van der Waals surface area contributed by atoms with Crippen LogP contribution in [0.4, 0.5) is 0 Å². The molecule has 21 heavy (non-hydrogen) atoms. The third-order valence-corrected chi connectivity index (χ3v) is 4.36. The van der Waals surface area contributed by atoms with Crippen LogP contribution in [0.2, 0.25) is 0 Å². The van der Waals surface area contributed by atoms with E-state index in [2.05, 4.69) is 30.7 Å². The van der Waals surface area contributed by atoms with Gasteiger partial charge in [0.05, 0.1) is 12.7 Å². The summed E-state index contributed by atoms with van der Waals surface area (Å²) in [6, 6.07) is 5.89. The summed E-state index contributed by atoms with van der Waals surface area (Å²) in [4.78, 5) is 4.87. The molecule has 1 aliphatic heterocycles. The zero-order valence-corrected chi connectivity index (χ0v) is 13.4. The number of nitrogen functional groups attached to an aromatic ring is 1. The summed E-state index contributed by atoms with van der Waals surface area (Å²) in [6.45, 7) is 8.63. The van der Waals surface area contributed by atoms with Crippen molar-refractivity contribution < 1.29 is 4.74 Å². The molecule has 1 aromatic carbocycles. The lowest BCUT2D eigenvalue weighted by Gasteiger charge is -2.45. The highest BCUT2D eigenvalue weighted by molar-refractivity contribution is 5.97. The van der Waals surface area contributed by atoms with Gasteiger partial charge >= 0.3 is 0 Å². The highest BCUT2D eigenvalue weighted by Crippen LogP contribution is 2.23. The summed E-state index contributed by atoms with van der Waals surface area (Å²) >= 11 is 0. The largest absolute Gasteiger partial charge is 0.496 e. The molecule has 1 fully saturated rings. The number of nitrogens with two attached hydrogens (primary N) is 1. The monoisotopic (exact) mass is 290 g/mol. The smallest absolute Gasteiger partial charge is 0.130 e. The number of benzene rings is 1. The third-order valence-electron chi connectivity index (χ3n) is 4.36. The normalized spacial score (nSPS) is 19.4. The highest BCUT2D eigenvalue weighted by Gasteiger charge is 2.30. The van der Waals surface area contributed by atoms with Gasteiger partial charge in [-0.1, -0.05) is 6.07 Å². The van der Waals surface area contributed by atoms with Crippen molar-refractivity contribution in [3.05, 3.63) is 29.3 Å². The summed E-state index contributed by atoms with van der Waals surface area (Å²) in [5, 5.41) is 7.56. The molecule has 0 atom stereocenters. The Labute approximate surface area is 127 Å². The average molecular weight is 290 g/mol. The Morgan fingerprint density at radius 3 is 2.67 bits per heavy atom. The average Bonchev–Trinajstić information content (AvgIpc) is 2.42. The molecule has 0 amide bonds. The van der Waals surface area contributed by atoms with Crippen LogP contribution >= 0.6 is 0 Å². The molecular weight excluding hydrogens is 264 g/mol. The first kappa shape index (κ1) is 15.8. The van der Waals surface area contributed by atoms with E-state index in [0.29, 0.717) is 11.3 Å². The number of amidine groups is 1. The van der Waals surface area contributed by atoms with Crippen molar-refractivity contribution in [1.29, 1.82) is 5.41 Å². The van der Waals surface area contributed by atoms with Crippen LogP contribution in [0.3, 0.4) is 0 Å². The molecule has 3 N–H and O–H groups in total. The van der Waals surface area contributed by atoms with Crippen LogP contribution in [0.5, 0.6) is 5.75 Å². The van der Waals surface area contributed by atoms with Crippen LogP contribution in [-0.4, -0.2) is 55.0 Å². The first-order valence-electron chi connectivity index (χ1n) is 7.28. The van der Waals surface area contributed by atoms with Crippen LogP contribution in [-0.2, 0) is 6.54 Å². The van der Waals surface area contributed by atoms with Gasteiger partial charge in [-0.25, -0.2) is 0 Å². The molecule has 1 aromatic rings. The SMILES string of the molecule is COc1cc(CN2CCN(C)C(C)(C)C2)ccc1C(=N)N. The molecule has 0 bridgehead atoms. The maximum absolute atomic E-state index is 7.56. The lowest BCUT2D eigenvalue weighted by atomic mass is 9.99. The summed E-state index contributed by atoms with van der Waals surface area (Å²) in [6.07, 6.45) is 0. The number of rotatable bonds is 4. The maximum atomic E-state index is 7.56. The summed E-state index contributed by atoms with van der Waals surface area (Å²) < 4.78 is 5.35. The quantitative estimate of drug-likeness (QED) is 0.651. The van der Waals surface area contributed by atoms with Crippen molar-refractivity contribution >= 4 is 5.84 Å². The van der Waals surface area contributed by atoms with Gasteiger partial charge in [-0.05, 0) is 38.6 Å². The van der Waals surface area contributed by atoms with Crippen LogP contribution in [0.25, 0.3) is 0 Å². The Morgan fingerprint density at radius 2 is 2.10 bits per heavy atom. The van der Waals surface area contributed by atoms with Crippen molar-refractivity contribution in [3.8, 4) is 5.75 Å². The zero-order valence-electron chi connectivity index (χ0n) is 13.4. The van der Waals surface area contributed by atoms with E-state index in [-0.39, 0.29) is 11.4 Å². The maximum Gasteiger partial charge on any atom is 0.130 e. The molecule has 0 unspecified atom stereocenters. The second kappa shape index (κ2) is 6.03. The van der Waals surface area contributed by atoms with Gasteiger partial charge in [-0.2, -0.15) is 0 Å². The summed E-state index contributed by atoms with van der Waals surface area (Å²) in [5.41, 5.74) is 7.60. The van der Waals surface area contributed by atoms with Crippen LogP contribution in [0, 0.1) is 5.41 Å². The first-order valence-corrected chi connectivity index (χ1v) is 7.28. The second-order valence-electron chi connectivity index (χ2n) is 6.39. The topological polar surface area (TPSA) is 65.6 Å². The van der Waals surface area contributed by atoms with Gasteiger partial charge in [0.2, 0.25) is 0 Å². The van der Waals surface area contributed by atoms with Gasteiger partial charge in [0.15, 0.2) is 0 Å². The second-order valence-corrected chi connectivity index (χ2v) is 6.39. The van der Waals surface area contributed by atoms with Crippen molar-refractivity contribution in [3.63, 3.8) is 0 Å². The van der Waals surface area contributed by atoms with Crippen molar-refractivity contribution in [2.75, 3.05) is 33.8 Å². The molecule has 5 heteroatoms. The molecule has 1 saturated heterocycles. The van der Waals surface area contributed by atoms with E-state index in [0.717, 1.165) is 26.2 Å². The molecule has 5 nitrogen and oxygen atoms in total. The van der Waals surface area contributed by atoms with Gasteiger partial charge in [0.25, 0.3) is 0 Å². The van der Waals surface area contributed by atoms with Gasteiger partial charge in [-0.3, -0.25) is 15.2 Å². The molecule has 0 aliphatic carbocycles. The molecule has 0 spiro atoms. The van der Waals surface area contributed by atoms with E-state index in [1.807, 2.05) is 18.2 Å². The number of hydrogen-bond acceptors (Lipinski definition) is 4. The highest BCUT2D eigenvalue weighted by atomic mass is 16.5. The van der Waals surface area contributed by atoms with Crippen LogP contribution < -0.4 is 10.5 Å². The molecule has 0 saturated carbocycles. The molecule has 116 valence electrons. The van der Waals surface area contributed by atoms with Crippen molar-refractivity contribution in [1.82, 2.24) is 9.80 Å². The Balaban J connectivity index is 2.12. The van der Waals surface area contributed by atoms with Crippen molar-refractivity contribution in [2.24, 2.45) is 5.73 Å². The standard InChI is InChI=1S/C16H26N4O/c1-16(2)11-20(8-7-19(16)3)10-12-5-6-13(15(17)18)14(9-12)21-4/h5-6,9H,7-8,10-11H2,1-4H3,(H3,17,18). The van der Waals surface area contributed by atoms with E-state index in [4.69, 9.17) is 15.9 Å². The summed E-state index contributed by atoms with van der Waals surface area (Å²) in [7, 11) is 3.80. The van der Waals surface area contributed by atoms with Gasteiger partial charge < -0.3 is 10.5 Å². The number of nitrogens with one attached hydrogen (secondary N) is 1. The molecule has 1 heterocycles. The first-order chi connectivity index (χ1) is 9.83. The Bertz CT molecular complexity index is 527. The fraction of sp³-hybridized carbons (Fsp3) is 0.562. The third kappa shape index (κ3) is 3.54. The van der Waals surface area contributed by atoms with E-state index in [1.54, 1.807) is 7.11 Å².